The van der Waals surface area contributed by atoms with Gasteiger partial charge in [0.1, 0.15) is 4.90 Å². The number of rotatable bonds is 5. The first-order valence-corrected chi connectivity index (χ1v) is 8.13. The molecule has 0 atom stereocenters. The summed E-state index contributed by atoms with van der Waals surface area (Å²) >= 11 is 0. The average Bonchev–Trinajstić information content (AvgIpc) is 2.86. The number of nitriles is 1. The molecule has 1 amide bonds. The maximum atomic E-state index is 12.2. The normalized spacial score (nSPS) is 11.0. The zero-order valence-electron chi connectivity index (χ0n) is 12.5. The largest absolute Gasteiger partial charge is 0.325 e. The minimum atomic E-state index is -3.82. The maximum absolute atomic E-state index is 12.2. The summed E-state index contributed by atoms with van der Waals surface area (Å²) in [6.45, 7) is 2.74. The SMILES string of the molecule is Cc1n[nH]c(C)c1S(=O)(=O)NCC(=O)Nc1ccc(C#N)cc1. The minimum absolute atomic E-state index is 0.0451. The van der Waals surface area contributed by atoms with Crippen molar-refractivity contribution in [3.63, 3.8) is 0 Å². The molecule has 0 saturated heterocycles. The van der Waals surface area contributed by atoms with Gasteiger partial charge in [-0.2, -0.15) is 10.4 Å². The molecular weight excluding hydrogens is 318 g/mol. The molecule has 0 fully saturated rings. The summed E-state index contributed by atoms with van der Waals surface area (Å²) in [6.07, 6.45) is 0. The second-order valence-electron chi connectivity index (χ2n) is 4.83. The van der Waals surface area contributed by atoms with E-state index >= 15 is 0 Å². The molecular formula is C14H15N5O3S. The van der Waals surface area contributed by atoms with Crippen molar-refractivity contribution < 1.29 is 13.2 Å². The molecule has 0 aliphatic carbocycles. The lowest BCUT2D eigenvalue weighted by Crippen LogP contribution is -2.33. The van der Waals surface area contributed by atoms with E-state index in [1.54, 1.807) is 38.1 Å². The van der Waals surface area contributed by atoms with E-state index in [-0.39, 0.29) is 4.90 Å². The fourth-order valence-electron chi connectivity index (χ4n) is 2.00. The molecule has 2 rings (SSSR count). The van der Waals surface area contributed by atoms with Crippen LogP contribution in [0.2, 0.25) is 0 Å². The highest BCUT2D eigenvalue weighted by molar-refractivity contribution is 7.89. The lowest BCUT2D eigenvalue weighted by Gasteiger charge is -2.08. The number of nitrogens with one attached hydrogen (secondary N) is 3. The van der Waals surface area contributed by atoms with Gasteiger partial charge in [-0.3, -0.25) is 9.89 Å². The standard InChI is InChI=1S/C14H15N5O3S/c1-9-14(10(2)19-18-9)23(21,22)16-8-13(20)17-12-5-3-11(7-15)4-6-12/h3-6,16H,8H2,1-2H3,(H,17,20)(H,18,19). The van der Waals surface area contributed by atoms with Gasteiger partial charge in [-0.15, -0.1) is 0 Å². The predicted octanol–water partition coefficient (Wildman–Crippen LogP) is 0.815. The Balaban J connectivity index is 2.00. The first-order valence-electron chi connectivity index (χ1n) is 6.65. The fraction of sp³-hybridized carbons (Fsp3) is 0.214. The Kier molecular flexibility index (Phi) is 4.78. The van der Waals surface area contributed by atoms with Crippen LogP contribution in [0.15, 0.2) is 29.2 Å². The van der Waals surface area contributed by atoms with Crippen LogP contribution in [-0.2, 0) is 14.8 Å². The zero-order chi connectivity index (χ0) is 17.0. The molecule has 23 heavy (non-hydrogen) atoms. The van der Waals surface area contributed by atoms with Crippen molar-refractivity contribution in [2.75, 3.05) is 11.9 Å². The third-order valence-electron chi connectivity index (χ3n) is 3.05. The van der Waals surface area contributed by atoms with Crippen LogP contribution in [-0.4, -0.2) is 31.1 Å². The number of hydrogen-bond acceptors (Lipinski definition) is 5. The molecule has 1 aromatic carbocycles. The topological polar surface area (TPSA) is 128 Å². The van der Waals surface area contributed by atoms with Gasteiger partial charge >= 0.3 is 0 Å². The summed E-state index contributed by atoms with van der Waals surface area (Å²) in [7, 11) is -3.82. The number of amides is 1. The number of nitrogens with zero attached hydrogens (tertiary/aromatic N) is 2. The van der Waals surface area contributed by atoms with E-state index in [0.717, 1.165) is 0 Å². The Labute approximate surface area is 133 Å². The molecule has 2 aromatic rings. The van der Waals surface area contributed by atoms with E-state index in [1.165, 1.54) is 0 Å². The maximum Gasteiger partial charge on any atom is 0.244 e. The van der Waals surface area contributed by atoms with Gasteiger partial charge in [0.15, 0.2) is 0 Å². The second kappa shape index (κ2) is 6.60. The van der Waals surface area contributed by atoms with Gasteiger partial charge in [0.25, 0.3) is 0 Å². The smallest absolute Gasteiger partial charge is 0.244 e. The number of hydrogen-bond donors (Lipinski definition) is 3. The van der Waals surface area contributed by atoms with Gasteiger partial charge in [-0.25, -0.2) is 13.1 Å². The lowest BCUT2D eigenvalue weighted by molar-refractivity contribution is -0.115. The van der Waals surface area contributed by atoms with Crippen LogP contribution in [0.25, 0.3) is 0 Å². The van der Waals surface area contributed by atoms with Gasteiger partial charge < -0.3 is 5.32 Å². The Morgan fingerprint density at radius 3 is 2.48 bits per heavy atom. The number of H-pyrrole nitrogens is 1. The second-order valence-corrected chi connectivity index (χ2v) is 6.53. The predicted molar refractivity (Wildman–Crippen MR) is 83.0 cm³/mol. The fourth-order valence-corrected chi connectivity index (χ4v) is 3.35. The number of aromatic amines is 1. The molecule has 0 aliphatic heterocycles. The summed E-state index contributed by atoms with van der Waals surface area (Å²) in [4.78, 5) is 11.9. The Morgan fingerprint density at radius 2 is 1.96 bits per heavy atom. The first-order chi connectivity index (χ1) is 10.8. The van der Waals surface area contributed by atoms with Crippen LogP contribution in [0.5, 0.6) is 0 Å². The number of benzene rings is 1. The zero-order valence-corrected chi connectivity index (χ0v) is 13.4. The minimum Gasteiger partial charge on any atom is -0.325 e. The number of aromatic nitrogens is 2. The molecule has 8 nitrogen and oxygen atoms in total. The van der Waals surface area contributed by atoms with E-state index in [4.69, 9.17) is 5.26 Å². The third-order valence-corrected chi connectivity index (χ3v) is 4.71. The van der Waals surface area contributed by atoms with Crippen molar-refractivity contribution in [2.45, 2.75) is 18.7 Å². The molecule has 9 heteroatoms. The van der Waals surface area contributed by atoms with Crippen molar-refractivity contribution in [2.24, 2.45) is 0 Å². The summed E-state index contributed by atoms with van der Waals surface area (Å²) in [5, 5.41) is 17.6. The van der Waals surface area contributed by atoms with Crippen molar-refractivity contribution >= 4 is 21.6 Å². The number of aryl methyl sites for hydroxylation is 2. The van der Waals surface area contributed by atoms with Gasteiger partial charge in [0, 0.05) is 5.69 Å². The van der Waals surface area contributed by atoms with Gasteiger partial charge in [-0.1, -0.05) is 0 Å². The number of sulfonamides is 1. The van der Waals surface area contributed by atoms with E-state index in [9.17, 15) is 13.2 Å². The van der Waals surface area contributed by atoms with E-state index in [0.29, 0.717) is 22.6 Å². The Bertz CT molecular complexity index is 843. The molecule has 1 aromatic heterocycles. The highest BCUT2D eigenvalue weighted by Gasteiger charge is 2.22. The van der Waals surface area contributed by atoms with Crippen LogP contribution >= 0.6 is 0 Å². The Hall–Kier alpha value is -2.70. The lowest BCUT2D eigenvalue weighted by atomic mass is 10.2. The summed E-state index contributed by atoms with van der Waals surface area (Å²) in [5.41, 5.74) is 1.68. The van der Waals surface area contributed by atoms with E-state index < -0.39 is 22.5 Å². The van der Waals surface area contributed by atoms with Crippen molar-refractivity contribution in [3.05, 3.63) is 41.2 Å². The van der Waals surface area contributed by atoms with Crippen LogP contribution in [0, 0.1) is 25.2 Å². The van der Waals surface area contributed by atoms with Gasteiger partial charge in [0.2, 0.25) is 15.9 Å². The molecule has 0 unspecified atom stereocenters. The van der Waals surface area contributed by atoms with Gasteiger partial charge in [-0.05, 0) is 38.1 Å². The highest BCUT2D eigenvalue weighted by Crippen LogP contribution is 2.16. The van der Waals surface area contributed by atoms with Crippen LogP contribution in [0.1, 0.15) is 17.0 Å². The molecule has 120 valence electrons. The summed E-state index contributed by atoms with van der Waals surface area (Å²) in [6, 6.07) is 8.20. The number of anilines is 1. The monoisotopic (exact) mass is 333 g/mol. The highest BCUT2D eigenvalue weighted by atomic mass is 32.2. The quantitative estimate of drug-likeness (QED) is 0.746. The van der Waals surface area contributed by atoms with Gasteiger partial charge in [0.05, 0.1) is 29.6 Å². The third kappa shape index (κ3) is 3.94. The van der Waals surface area contributed by atoms with Crippen LogP contribution < -0.4 is 10.0 Å². The molecule has 3 N–H and O–H groups in total. The molecule has 0 spiro atoms. The molecule has 0 radical (unpaired) electrons. The van der Waals surface area contributed by atoms with Crippen molar-refractivity contribution in [1.29, 1.82) is 5.26 Å². The first kappa shape index (κ1) is 16.7. The van der Waals surface area contributed by atoms with E-state index in [2.05, 4.69) is 20.2 Å². The van der Waals surface area contributed by atoms with Crippen LogP contribution in [0.3, 0.4) is 0 Å². The van der Waals surface area contributed by atoms with Crippen molar-refractivity contribution in [3.8, 4) is 6.07 Å². The Morgan fingerprint density at radius 1 is 1.30 bits per heavy atom. The summed E-state index contributed by atoms with van der Waals surface area (Å²) < 4.78 is 26.6. The number of carbonyl (C=O) groups is 1. The molecule has 0 aliphatic rings. The summed E-state index contributed by atoms with van der Waals surface area (Å²) in [5.74, 6) is -0.517. The van der Waals surface area contributed by atoms with Crippen LogP contribution in [0.4, 0.5) is 5.69 Å². The number of carbonyl (C=O) groups excluding carboxylic acids is 1. The molecule has 0 saturated carbocycles. The molecule has 0 bridgehead atoms. The average molecular weight is 333 g/mol. The van der Waals surface area contributed by atoms with E-state index in [1.807, 2.05) is 6.07 Å². The van der Waals surface area contributed by atoms with Crippen molar-refractivity contribution in [1.82, 2.24) is 14.9 Å². The molecule has 1 heterocycles.